The normalized spacial score (nSPS) is 13.4. The van der Waals surface area contributed by atoms with Crippen LogP contribution in [0, 0.1) is 5.82 Å². The summed E-state index contributed by atoms with van der Waals surface area (Å²) in [5.41, 5.74) is 3.76. The molecule has 3 N–H and O–H groups in total. The van der Waals surface area contributed by atoms with E-state index in [4.69, 9.17) is 26.6 Å². The molecule has 16 heteroatoms. The van der Waals surface area contributed by atoms with E-state index in [0.29, 0.717) is 33.3 Å². The molecular formula is C28H29ClF4N8O2S. The Morgan fingerprint density at radius 3 is 2.43 bits per heavy atom. The standard InChI is InChI=1S/C26H28ClFN8S.C2HF3O2/c1-3-34(2)37-33-23-15-19(27)14-21(25(23)28)22-17-36(32-26(22)18-6-8-29-9-7-18)24-5-4-20(16-31-24)35-12-10-30-11-13-35;3-2(4,5)1(6)7/h4-9,14-17,30,33H,3,10-13H2,1-2H3;(H,6,7). The molecule has 0 saturated carbocycles. The fourth-order valence-electron chi connectivity index (χ4n) is 4.09. The zero-order valence-electron chi connectivity index (χ0n) is 23.6. The van der Waals surface area contributed by atoms with Crippen LogP contribution < -0.4 is 14.9 Å². The summed E-state index contributed by atoms with van der Waals surface area (Å²) >= 11 is 7.76. The van der Waals surface area contributed by atoms with Gasteiger partial charge in [0.2, 0.25) is 0 Å². The van der Waals surface area contributed by atoms with Crippen LogP contribution in [0.5, 0.6) is 0 Å². The number of carboxylic acids is 1. The smallest absolute Gasteiger partial charge is 0.475 e. The molecule has 234 valence electrons. The number of carboxylic acid groups (broad SMARTS) is 1. The van der Waals surface area contributed by atoms with Crippen LogP contribution in [0.3, 0.4) is 0 Å². The van der Waals surface area contributed by atoms with Crippen LogP contribution in [-0.2, 0) is 4.79 Å². The molecule has 44 heavy (non-hydrogen) atoms. The summed E-state index contributed by atoms with van der Waals surface area (Å²) in [7, 11) is 1.92. The van der Waals surface area contributed by atoms with Gasteiger partial charge in [0.1, 0.15) is 5.69 Å². The number of hydrogen-bond donors (Lipinski definition) is 3. The predicted octanol–water partition coefficient (Wildman–Crippen LogP) is 5.76. The number of benzene rings is 1. The van der Waals surface area contributed by atoms with Crippen molar-refractivity contribution in [2.75, 3.05) is 49.4 Å². The molecule has 1 aliphatic heterocycles. The van der Waals surface area contributed by atoms with Crippen molar-refractivity contribution in [3.63, 3.8) is 0 Å². The molecule has 1 aromatic carbocycles. The lowest BCUT2D eigenvalue weighted by Gasteiger charge is -2.29. The molecule has 0 aliphatic carbocycles. The number of rotatable bonds is 8. The Morgan fingerprint density at radius 1 is 1.16 bits per heavy atom. The van der Waals surface area contributed by atoms with Gasteiger partial charge in [-0.15, -0.1) is 0 Å². The molecule has 4 aromatic rings. The summed E-state index contributed by atoms with van der Waals surface area (Å²) in [5.74, 6) is -2.52. The molecule has 3 aromatic heterocycles. The zero-order chi connectivity index (χ0) is 31.9. The average molecular weight is 653 g/mol. The Morgan fingerprint density at radius 2 is 1.84 bits per heavy atom. The van der Waals surface area contributed by atoms with Gasteiger partial charge in [-0.3, -0.25) is 4.98 Å². The van der Waals surface area contributed by atoms with E-state index in [2.05, 4.69) is 24.9 Å². The maximum atomic E-state index is 15.8. The second-order valence-corrected chi connectivity index (χ2v) is 10.9. The average Bonchev–Trinajstić information content (AvgIpc) is 3.47. The van der Waals surface area contributed by atoms with Gasteiger partial charge in [-0.25, -0.2) is 23.2 Å². The minimum absolute atomic E-state index is 0.305. The number of hydrogen-bond acceptors (Lipinski definition) is 9. The Balaban J connectivity index is 0.000000566. The molecule has 0 radical (unpaired) electrons. The first-order chi connectivity index (χ1) is 21.0. The first kappa shape index (κ1) is 33.0. The van der Waals surface area contributed by atoms with E-state index in [-0.39, 0.29) is 0 Å². The van der Waals surface area contributed by atoms with Crippen LogP contribution in [0.25, 0.3) is 28.2 Å². The predicted molar refractivity (Wildman–Crippen MR) is 163 cm³/mol. The van der Waals surface area contributed by atoms with E-state index in [1.807, 2.05) is 48.7 Å². The van der Waals surface area contributed by atoms with Crippen molar-refractivity contribution < 1.29 is 27.5 Å². The van der Waals surface area contributed by atoms with E-state index in [9.17, 15) is 13.2 Å². The number of nitrogens with one attached hydrogen (secondary N) is 2. The van der Waals surface area contributed by atoms with E-state index in [1.165, 1.54) is 12.1 Å². The molecule has 1 aliphatic rings. The number of aromatic nitrogens is 4. The third-order valence-corrected chi connectivity index (χ3v) is 7.54. The molecule has 5 rings (SSSR count). The lowest BCUT2D eigenvalue weighted by molar-refractivity contribution is -0.192. The molecule has 1 saturated heterocycles. The Kier molecular flexibility index (Phi) is 11.0. The summed E-state index contributed by atoms with van der Waals surface area (Å²) in [6.07, 6.45) is 1.96. The van der Waals surface area contributed by atoms with Crippen LogP contribution in [0.4, 0.5) is 28.9 Å². The molecule has 0 amide bonds. The van der Waals surface area contributed by atoms with Crippen LogP contribution in [0.2, 0.25) is 5.02 Å². The van der Waals surface area contributed by atoms with Crippen LogP contribution in [-0.4, -0.2) is 81.1 Å². The molecule has 1 fully saturated rings. The summed E-state index contributed by atoms with van der Waals surface area (Å²) in [5, 5.41) is 15.7. The van der Waals surface area contributed by atoms with E-state index in [0.717, 1.165) is 44.0 Å². The molecule has 4 heterocycles. The number of pyridine rings is 2. The number of nitrogens with zero attached hydrogens (tertiary/aromatic N) is 6. The molecule has 10 nitrogen and oxygen atoms in total. The van der Waals surface area contributed by atoms with Gasteiger partial charge in [-0.2, -0.15) is 18.3 Å². The van der Waals surface area contributed by atoms with Crippen molar-refractivity contribution in [2.24, 2.45) is 0 Å². The fraction of sp³-hybridized carbons (Fsp3) is 0.286. The summed E-state index contributed by atoms with van der Waals surface area (Å²) < 4.78 is 54.3. The van der Waals surface area contributed by atoms with E-state index >= 15 is 4.39 Å². The van der Waals surface area contributed by atoms with Crippen molar-refractivity contribution >= 4 is 41.1 Å². The Labute approximate surface area is 260 Å². The van der Waals surface area contributed by atoms with Gasteiger partial charge in [0.25, 0.3) is 0 Å². The van der Waals surface area contributed by atoms with Gasteiger partial charge in [-0.05, 0) is 43.4 Å². The number of alkyl halides is 3. The zero-order valence-corrected chi connectivity index (χ0v) is 25.2. The second kappa shape index (κ2) is 14.7. The van der Waals surface area contributed by atoms with Gasteiger partial charge >= 0.3 is 12.1 Å². The van der Waals surface area contributed by atoms with Gasteiger partial charge in [-0.1, -0.05) is 18.5 Å². The maximum absolute atomic E-state index is 15.8. The third-order valence-electron chi connectivity index (χ3n) is 6.44. The van der Waals surface area contributed by atoms with Crippen molar-refractivity contribution in [3.05, 3.63) is 72.0 Å². The van der Waals surface area contributed by atoms with Gasteiger partial charge in [0.05, 0.1) is 17.6 Å². The number of halogens is 5. The number of aliphatic carboxylic acids is 1. The van der Waals surface area contributed by atoms with Gasteiger partial charge < -0.3 is 20.0 Å². The molecule has 0 bridgehead atoms. The first-order valence-electron chi connectivity index (χ1n) is 13.3. The lowest BCUT2D eigenvalue weighted by atomic mass is 10.0. The second-order valence-electron chi connectivity index (χ2n) is 9.44. The Hall–Kier alpha value is -3.92. The number of piperazine rings is 1. The SMILES string of the molecule is CCN(C)SNc1cc(Cl)cc(-c2cn(-c3ccc(N4CCNCC4)cn3)nc2-c2ccncc2)c1F.O=C(O)C(F)(F)F. The van der Waals surface area contributed by atoms with Crippen LogP contribution >= 0.6 is 23.7 Å². The highest BCUT2D eigenvalue weighted by molar-refractivity contribution is 7.98. The van der Waals surface area contributed by atoms with Gasteiger partial charge in [0, 0.05) is 85.2 Å². The van der Waals surface area contributed by atoms with Crippen molar-refractivity contribution in [3.8, 4) is 28.2 Å². The lowest BCUT2D eigenvalue weighted by Crippen LogP contribution is -2.43. The highest BCUT2D eigenvalue weighted by atomic mass is 35.5. The first-order valence-corrected chi connectivity index (χ1v) is 14.5. The summed E-state index contributed by atoms with van der Waals surface area (Å²) in [4.78, 5) is 20.0. The van der Waals surface area contributed by atoms with Crippen molar-refractivity contribution in [2.45, 2.75) is 13.1 Å². The Bertz CT molecular complexity index is 1550. The minimum atomic E-state index is -5.08. The van der Waals surface area contributed by atoms with Crippen molar-refractivity contribution in [1.29, 1.82) is 0 Å². The molecule has 0 atom stereocenters. The van der Waals surface area contributed by atoms with Crippen LogP contribution in [0.15, 0.2) is 61.2 Å². The third kappa shape index (κ3) is 8.37. The number of anilines is 2. The fourth-order valence-corrected chi connectivity index (χ4v) is 4.84. The highest BCUT2D eigenvalue weighted by Crippen LogP contribution is 2.38. The molecule has 0 unspecified atom stereocenters. The topological polar surface area (TPSA) is 111 Å². The van der Waals surface area contributed by atoms with E-state index in [1.54, 1.807) is 35.4 Å². The van der Waals surface area contributed by atoms with Crippen LogP contribution in [0.1, 0.15) is 6.92 Å². The highest BCUT2D eigenvalue weighted by Gasteiger charge is 2.38. The largest absolute Gasteiger partial charge is 0.490 e. The summed E-state index contributed by atoms with van der Waals surface area (Å²) in [6, 6.07) is 10.9. The summed E-state index contributed by atoms with van der Waals surface area (Å²) in [6.45, 7) is 6.61. The molecule has 0 spiro atoms. The minimum Gasteiger partial charge on any atom is -0.475 e. The van der Waals surface area contributed by atoms with Gasteiger partial charge in [0.15, 0.2) is 11.6 Å². The monoisotopic (exact) mass is 652 g/mol. The quantitative estimate of drug-likeness (QED) is 0.161. The number of carbonyl (C=O) groups is 1. The van der Waals surface area contributed by atoms with Crippen molar-refractivity contribution in [1.82, 2.24) is 29.4 Å². The maximum Gasteiger partial charge on any atom is 0.490 e. The molecular weight excluding hydrogens is 624 g/mol. The van der Waals surface area contributed by atoms with E-state index < -0.39 is 18.0 Å².